The van der Waals surface area contributed by atoms with Gasteiger partial charge in [0.1, 0.15) is 0 Å². The predicted molar refractivity (Wildman–Crippen MR) is 85.8 cm³/mol. The van der Waals surface area contributed by atoms with Crippen molar-refractivity contribution in [3.05, 3.63) is 34.4 Å². The van der Waals surface area contributed by atoms with Gasteiger partial charge in [-0.05, 0) is 27.7 Å². The largest absolute Gasteiger partial charge is 0.349 e. The summed E-state index contributed by atoms with van der Waals surface area (Å²) in [5.74, 6) is -0.0135. The number of carbonyl (C=O) groups is 1. The number of halogens is 1. The summed E-state index contributed by atoms with van der Waals surface area (Å²) in [7, 11) is 0. The average molecular weight is 324 g/mol. The van der Waals surface area contributed by atoms with Crippen LogP contribution in [0.3, 0.4) is 0 Å². The average Bonchev–Trinajstić information content (AvgIpc) is 2.99. The molecule has 0 aliphatic heterocycles. The molecule has 0 saturated heterocycles. The van der Waals surface area contributed by atoms with Crippen molar-refractivity contribution in [2.24, 2.45) is 0 Å². The van der Waals surface area contributed by atoms with Crippen molar-refractivity contribution in [1.82, 2.24) is 24.9 Å². The van der Waals surface area contributed by atoms with Gasteiger partial charge in [0.15, 0.2) is 0 Å². The van der Waals surface area contributed by atoms with Crippen molar-refractivity contribution >= 4 is 17.5 Å². The number of amides is 1. The lowest BCUT2D eigenvalue weighted by Gasteiger charge is -2.14. The Morgan fingerprint density at radius 3 is 2.73 bits per heavy atom. The molecule has 0 radical (unpaired) electrons. The zero-order valence-electron chi connectivity index (χ0n) is 13.4. The van der Waals surface area contributed by atoms with Gasteiger partial charge in [-0.2, -0.15) is 10.2 Å². The van der Waals surface area contributed by atoms with E-state index in [9.17, 15) is 4.79 Å². The van der Waals surface area contributed by atoms with E-state index in [0.717, 1.165) is 23.5 Å². The van der Waals surface area contributed by atoms with Crippen LogP contribution in [0.15, 0.2) is 12.4 Å². The molecule has 1 atom stereocenters. The number of nitrogens with one attached hydrogen (secondary N) is 1. The molecule has 120 valence electrons. The highest BCUT2D eigenvalue weighted by Gasteiger charge is 2.15. The second kappa shape index (κ2) is 6.96. The Kier molecular flexibility index (Phi) is 5.24. The Labute approximate surface area is 135 Å². The monoisotopic (exact) mass is 323 g/mol. The number of carbonyl (C=O) groups excluding carboxylic acids is 1. The van der Waals surface area contributed by atoms with Gasteiger partial charge >= 0.3 is 0 Å². The lowest BCUT2D eigenvalue weighted by atomic mass is 10.1. The summed E-state index contributed by atoms with van der Waals surface area (Å²) >= 11 is 5.95. The van der Waals surface area contributed by atoms with Crippen LogP contribution >= 0.6 is 11.6 Å². The summed E-state index contributed by atoms with van der Waals surface area (Å²) < 4.78 is 3.62. The molecule has 0 aromatic carbocycles. The molecule has 0 fully saturated rings. The van der Waals surface area contributed by atoms with Crippen molar-refractivity contribution in [3.8, 4) is 0 Å². The highest BCUT2D eigenvalue weighted by Crippen LogP contribution is 2.17. The first-order valence-electron chi connectivity index (χ1n) is 7.43. The maximum absolute atomic E-state index is 12.1. The van der Waals surface area contributed by atoms with Crippen LogP contribution in [0.5, 0.6) is 0 Å². The second-order valence-electron chi connectivity index (χ2n) is 5.37. The predicted octanol–water partition coefficient (Wildman–Crippen LogP) is 2.64. The minimum Gasteiger partial charge on any atom is -0.349 e. The molecule has 0 saturated carbocycles. The summed E-state index contributed by atoms with van der Waals surface area (Å²) in [4.78, 5) is 12.1. The lowest BCUT2D eigenvalue weighted by molar-refractivity contribution is -0.122. The maximum Gasteiger partial charge on any atom is 0.222 e. The Morgan fingerprint density at radius 1 is 1.45 bits per heavy atom. The Bertz CT molecular complexity index is 641. The third-order valence-corrected chi connectivity index (χ3v) is 4.11. The van der Waals surface area contributed by atoms with Gasteiger partial charge in [0.05, 0.1) is 23.0 Å². The van der Waals surface area contributed by atoms with Gasteiger partial charge in [-0.1, -0.05) is 11.6 Å². The molecule has 0 aliphatic carbocycles. The van der Waals surface area contributed by atoms with E-state index in [0.29, 0.717) is 18.0 Å². The first-order chi connectivity index (χ1) is 10.4. The summed E-state index contributed by atoms with van der Waals surface area (Å²) in [5, 5.41) is 12.2. The molecule has 0 spiro atoms. The van der Waals surface area contributed by atoms with Gasteiger partial charge in [-0.15, -0.1) is 0 Å². The van der Waals surface area contributed by atoms with Crippen molar-refractivity contribution in [2.75, 3.05) is 0 Å². The first-order valence-corrected chi connectivity index (χ1v) is 7.81. The fraction of sp³-hybridized carbons (Fsp3) is 0.533. The quantitative estimate of drug-likeness (QED) is 0.888. The number of nitrogens with zero attached hydrogens (tertiary/aromatic N) is 4. The summed E-state index contributed by atoms with van der Waals surface area (Å²) in [6.45, 7) is 9.21. The summed E-state index contributed by atoms with van der Waals surface area (Å²) in [5.41, 5.74) is 2.91. The highest BCUT2D eigenvalue weighted by atomic mass is 35.5. The van der Waals surface area contributed by atoms with Crippen LogP contribution in [0, 0.1) is 13.8 Å². The molecule has 2 aromatic rings. The van der Waals surface area contributed by atoms with Crippen LogP contribution in [-0.2, 0) is 17.9 Å². The normalized spacial score (nSPS) is 12.4. The lowest BCUT2D eigenvalue weighted by Crippen LogP contribution is -2.27. The molecule has 2 heterocycles. The van der Waals surface area contributed by atoms with Crippen LogP contribution < -0.4 is 5.32 Å². The fourth-order valence-electron chi connectivity index (χ4n) is 2.42. The van der Waals surface area contributed by atoms with Gasteiger partial charge in [0.25, 0.3) is 0 Å². The molecule has 7 heteroatoms. The molecule has 0 aliphatic rings. The Balaban J connectivity index is 1.89. The molecular formula is C15H22ClN5O. The van der Waals surface area contributed by atoms with Gasteiger partial charge in [-0.3, -0.25) is 14.2 Å². The van der Waals surface area contributed by atoms with Crippen molar-refractivity contribution in [2.45, 2.75) is 53.2 Å². The van der Waals surface area contributed by atoms with E-state index in [1.807, 2.05) is 38.6 Å². The fourth-order valence-corrected chi connectivity index (χ4v) is 2.57. The maximum atomic E-state index is 12.1. The minimum absolute atomic E-state index is 0.0135. The molecule has 1 N–H and O–H groups in total. The molecular weight excluding hydrogens is 302 g/mol. The SMILES string of the molecule is CCn1ncc(C(C)NC(=O)CCn2cc(Cl)c(C)n2)c1C. The van der Waals surface area contributed by atoms with Crippen LogP contribution in [0.4, 0.5) is 0 Å². The Morgan fingerprint density at radius 2 is 2.18 bits per heavy atom. The number of hydrogen-bond donors (Lipinski definition) is 1. The van der Waals surface area contributed by atoms with E-state index >= 15 is 0 Å². The molecule has 1 amide bonds. The third kappa shape index (κ3) is 3.68. The van der Waals surface area contributed by atoms with Crippen LogP contribution in [0.2, 0.25) is 5.02 Å². The van der Waals surface area contributed by atoms with Gasteiger partial charge in [0, 0.05) is 37.0 Å². The number of hydrogen-bond acceptors (Lipinski definition) is 3. The molecule has 22 heavy (non-hydrogen) atoms. The summed E-state index contributed by atoms with van der Waals surface area (Å²) in [6, 6.07) is -0.0595. The van der Waals surface area contributed by atoms with Crippen LogP contribution in [0.25, 0.3) is 0 Å². The van der Waals surface area contributed by atoms with E-state index in [1.54, 1.807) is 10.9 Å². The number of aromatic nitrogens is 4. The van der Waals surface area contributed by atoms with Gasteiger partial charge < -0.3 is 5.32 Å². The first kappa shape index (κ1) is 16.5. The second-order valence-corrected chi connectivity index (χ2v) is 5.77. The molecule has 1 unspecified atom stereocenters. The van der Waals surface area contributed by atoms with Crippen molar-refractivity contribution < 1.29 is 4.79 Å². The van der Waals surface area contributed by atoms with Gasteiger partial charge in [0.2, 0.25) is 5.91 Å². The number of aryl methyl sites for hydroxylation is 3. The molecule has 2 rings (SSSR count). The molecule has 2 aromatic heterocycles. The minimum atomic E-state index is -0.0595. The van der Waals surface area contributed by atoms with Crippen LogP contribution in [0.1, 0.15) is 43.3 Å². The van der Waals surface area contributed by atoms with E-state index in [-0.39, 0.29) is 11.9 Å². The van der Waals surface area contributed by atoms with E-state index < -0.39 is 0 Å². The van der Waals surface area contributed by atoms with E-state index in [2.05, 4.69) is 15.5 Å². The standard InChI is InChI=1S/C15H22ClN5O/c1-5-21-12(4)13(8-17-21)10(2)18-15(22)6-7-20-9-14(16)11(3)19-20/h8-10H,5-7H2,1-4H3,(H,18,22). The topological polar surface area (TPSA) is 64.7 Å². The van der Waals surface area contributed by atoms with Gasteiger partial charge in [-0.25, -0.2) is 0 Å². The highest BCUT2D eigenvalue weighted by molar-refractivity contribution is 6.31. The molecule has 6 nitrogen and oxygen atoms in total. The van der Waals surface area contributed by atoms with E-state index in [4.69, 9.17) is 11.6 Å². The zero-order chi connectivity index (χ0) is 16.3. The summed E-state index contributed by atoms with van der Waals surface area (Å²) in [6.07, 6.45) is 3.92. The Hall–Kier alpha value is -1.82. The number of rotatable bonds is 6. The van der Waals surface area contributed by atoms with E-state index in [1.165, 1.54) is 0 Å². The zero-order valence-corrected chi connectivity index (χ0v) is 14.2. The smallest absolute Gasteiger partial charge is 0.222 e. The van der Waals surface area contributed by atoms with Crippen LogP contribution in [-0.4, -0.2) is 25.5 Å². The third-order valence-electron chi connectivity index (χ3n) is 3.74. The molecule has 0 bridgehead atoms. The van der Waals surface area contributed by atoms with Crippen molar-refractivity contribution in [1.29, 1.82) is 0 Å². The van der Waals surface area contributed by atoms with Crippen molar-refractivity contribution in [3.63, 3.8) is 0 Å².